The predicted octanol–water partition coefficient (Wildman–Crippen LogP) is 11.0. The minimum absolute atomic E-state index is 0.00978. The normalized spacial score (nSPS) is 12.8. The second kappa shape index (κ2) is 24.6. The van der Waals surface area contributed by atoms with Gasteiger partial charge in [-0.2, -0.15) is 0 Å². The van der Waals surface area contributed by atoms with E-state index in [1.165, 1.54) is 112 Å². The Balaban J connectivity index is 1.27. The second-order valence-corrected chi connectivity index (χ2v) is 15.5. The van der Waals surface area contributed by atoms with Crippen LogP contribution in [0.25, 0.3) is 11.1 Å². The van der Waals surface area contributed by atoms with Crippen LogP contribution in [0.15, 0.2) is 48.5 Å². The molecule has 0 fully saturated rings. The third kappa shape index (κ3) is 16.9. The molecule has 0 heterocycles. The fourth-order valence-electron chi connectivity index (χ4n) is 7.04. The van der Waals surface area contributed by atoms with E-state index in [1.807, 2.05) is 24.3 Å². The summed E-state index contributed by atoms with van der Waals surface area (Å²) in [6.07, 6.45) is 21.6. The average molecular weight is 720 g/mol. The number of carbonyl (C=O) groups is 3. The number of ether oxygens (including phenoxy) is 2. The number of amides is 3. The quantitative estimate of drug-likeness (QED) is 0.0839. The van der Waals surface area contributed by atoms with Gasteiger partial charge in [-0.15, -0.1) is 0 Å². The molecule has 1 aliphatic rings. The Morgan fingerprint density at radius 1 is 0.615 bits per heavy atom. The van der Waals surface area contributed by atoms with Gasteiger partial charge in [0.25, 0.3) is 0 Å². The topological polar surface area (TPSA) is 106 Å². The first kappa shape index (κ1) is 42.9. The van der Waals surface area contributed by atoms with E-state index in [0.29, 0.717) is 32.4 Å². The number of unbranched alkanes of at least 4 members (excludes halogenated alkanes) is 16. The van der Waals surface area contributed by atoms with Gasteiger partial charge in [-0.1, -0.05) is 152 Å². The molecule has 0 aromatic heterocycles. The number of alkyl carbamates (subject to hydrolysis) is 2. The molecule has 3 N–H and O–H groups in total. The first-order chi connectivity index (χ1) is 25.2. The molecule has 2 aromatic carbocycles. The summed E-state index contributed by atoms with van der Waals surface area (Å²) in [7, 11) is 0. The molecule has 0 radical (unpaired) electrons. The number of benzene rings is 2. The van der Waals surface area contributed by atoms with Crippen molar-refractivity contribution < 1.29 is 23.9 Å². The highest BCUT2D eigenvalue weighted by atomic mass is 16.6. The Morgan fingerprint density at radius 2 is 1.08 bits per heavy atom. The molecule has 8 nitrogen and oxygen atoms in total. The van der Waals surface area contributed by atoms with Gasteiger partial charge in [0, 0.05) is 19.0 Å². The van der Waals surface area contributed by atoms with Crippen LogP contribution in [0.4, 0.5) is 9.59 Å². The summed E-state index contributed by atoms with van der Waals surface area (Å²) in [5.41, 5.74) is 4.07. The van der Waals surface area contributed by atoms with Crippen LogP contribution in [0, 0.1) is 0 Å². The number of hydrogen-bond donors (Lipinski definition) is 3. The average Bonchev–Trinajstić information content (AvgIpc) is 3.44. The number of fused-ring (bicyclic) bond motifs is 3. The smallest absolute Gasteiger partial charge is 0.408 e. The maximum absolute atomic E-state index is 13.1. The summed E-state index contributed by atoms with van der Waals surface area (Å²) in [6, 6.07) is 15.8. The van der Waals surface area contributed by atoms with Crippen molar-refractivity contribution in [2.24, 2.45) is 0 Å². The Bertz CT molecular complexity index is 1280. The lowest BCUT2D eigenvalue weighted by molar-refractivity contribution is -0.123. The van der Waals surface area contributed by atoms with E-state index in [0.717, 1.165) is 12.8 Å². The van der Waals surface area contributed by atoms with Gasteiger partial charge < -0.3 is 25.4 Å². The first-order valence-electron chi connectivity index (χ1n) is 20.6. The summed E-state index contributed by atoms with van der Waals surface area (Å²) >= 11 is 0. The molecule has 0 saturated carbocycles. The van der Waals surface area contributed by atoms with Gasteiger partial charge in [0.05, 0.1) is 0 Å². The second-order valence-electron chi connectivity index (χ2n) is 15.5. The zero-order valence-corrected chi connectivity index (χ0v) is 32.9. The lowest BCUT2D eigenvalue weighted by atomic mass is 9.98. The van der Waals surface area contributed by atoms with Gasteiger partial charge in [0.2, 0.25) is 5.91 Å². The van der Waals surface area contributed by atoms with Crippen LogP contribution in [0.1, 0.15) is 167 Å². The van der Waals surface area contributed by atoms with Crippen molar-refractivity contribution in [3.8, 4) is 11.1 Å². The molecule has 0 spiro atoms. The van der Waals surface area contributed by atoms with Crippen molar-refractivity contribution in [1.82, 2.24) is 16.0 Å². The zero-order chi connectivity index (χ0) is 37.4. The maximum atomic E-state index is 13.1. The monoisotopic (exact) mass is 720 g/mol. The third-order valence-electron chi connectivity index (χ3n) is 9.87. The Morgan fingerprint density at radius 3 is 1.60 bits per heavy atom. The van der Waals surface area contributed by atoms with Crippen molar-refractivity contribution in [2.75, 3.05) is 19.7 Å². The highest BCUT2D eigenvalue weighted by Crippen LogP contribution is 2.44. The molecule has 3 amide bonds. The van der Waals surface area contributed by atoms with E-state index >= 15 is 0 Å². The molecular formula is C44H69N3O5. The minimum Gasteiger partial charge on any atom is -0.449 e. The molecule has 1 aliphatic carbocycles. The minimum atomic E-state index is -0.703. The largest absolute Gasteiger partial charge is 0.449 e. The molecule has 52 heavy (non-hydrogen) atoms. The number of hydrogen-bond acceptors (Lipinski definition) is 5. The van der Waals surface area contributed by atoms with Gasteiger partial charge in [-0.3, -0.25) is 4.79 Å². The molecule has 2 aromatic rings. The van der Waals surface area contributed by atoms with Crippen LogP contribution < -0.4 is 16.0 Å². The van der Waals surface area contributed by atoms with Crippen molar-refractivity contribution in [3.63, 3.8) is 0 Å². The van der Waals surface area contributed by atoms with Crippen LogP contribution in [0.3, 0.4) is 0 Å². The third-order valence-corrected chi connectivity index (χ3v) is 9.87. The lowest BCUT2D eigenvalue weighted by Crippen LogP contribution is -2.48. The van der Waals surface area contributed by atoms with E-state index in [9.17, 15) is 14.4 Å². The summed E-state index contributed by atoms with van der Waals surface area (Å²) in [5, 5.41) is 8.62. The van der Waals surface area contributed by atoms with E-state index in [4.69, 9.17) is 9.47 Å². The predicted molar refractivity (Wildman–Crippen MR) is 213 cm³/mol. The molecule has 0 bridgehead atoms. The van der Waals surface area contributed by atoms with Gasteiger partial charge in [0.15, 0.2) is 0 Å². The fourth-order valence-corrected chi connectivity index (χ4v) is 7.04. The Kier molecular flexibility index (Phi) is 20.3. The molecule has 0 saturated heterocycles. The Labute approximate surface area is 315 Å². The number of rotatable bonds is 26. The fraction of sp³-hybridized carbons (Fsp3) is 0.659. The number of nitrogens with one attached hydrogen (secondary N) is 3. The van der Waals surface area contributed by atoms with Crippen molar-refractivity contribution in [3.05, 3.63) is 59.7 Å². The van der Waals surface area contributed by atoms with Crippen LogP contribution in [0.5, 0.6) is 0 Å². The maximum Gasteiger partial charge on any atom is 0.408 e. The Hall–Kier alpha value is -3.55. The molecule has 290 valence electrons. The molecule has 1 unspecified atom stereocenters. The first-order valence-corrected chi connectivity index (χ1v) is 20.6. The standard InChI is InChI=1S/C44H69N3O5/c1-5-6-7-8-9-10-11-12-13-14-15-16-17-18-19-25-32-45-41(48)40(47-43(50)52-44(2,3)4)31-24-26-33-46-42(49)51-34-39-37-29-22-20-27-35(37)36-28-21-23-30-38(36)39/h20-23,27-30,39-40H,5-19,24-26,31-34H2,1-4H3,(H,45,48)(H,46,49)(H,47,50). The molecule has 3 rings (SSSR count). The van der Waals surface area contributed by atoms with Crippen molar-refractivity contribution >= 4 is 18.1 Å². The molecule has 0 aliphatic heterocycles. The van der Waals surface area contributed by atoms with E-state index < -0.39 is 23.8 Å². The van der Waals surface area contributed by atoms with Crippen molar-refractivity contribution in [2.45, 2.75) is 167 Å². The molecule has 8 heteroatoms. The van der Waals surface area contributed by atoms with E-state index in [1.54, 1.807) is 20.8 Å². The zero-order valence-electron chi connectivity index (χ0n) is 32.9. The van der Waals surface area contributed by atoms with Crippen LogP contribution in [-0.4, -0.2) is 49.4 Å². The highest BCUT2D eigenvalue weighted by Gasteiger charge is 2.29. The van der Waals surface area contributed by atoms with Crippen LogP contribution >= 0.6 is 0 Å². The van der Waals surface area contributed by atoms with Crippen LogP contribution in [-0.2, 0) is 14.3 Å². The number of carbonyl (C=O) groups excluding carboxylic acids is 3. The lowest BCUT2D eigenvalue weighted by Gasteiger charge is -2.23. The van der Waals surface area contributed by atoms with E-state index in [-0.39, 0.29) is 18.4 Å². The van der Waals surface area contributed by atoms with Gasteiger partial charge in [0.1, 0.15) is 18.2 Å². The summed E-state index contributed by atoms with van der Waals surface area (Å²) in [4.78, 5) is 38.2. The summed E-state index contributed by atoms with van der Waals surface area (Å²) in [6.45, 7) is 8.94. The van der Waals surface area contributed by atoms with Gasteiger partial charge in [-0.05, 0) is 68.7 Å². The molecule has 1 atom stereocenters. The van der Waals surface area contributed by atoms with Crippen molar-refractivity contribution in [1.29, 1.82) is 0 Å². The van der Waals surface area contributed by atoms with Crippen LogP contribution in [0.2, 0.25) is 0 Å². The van der Waals surface area contributed by atoms with E-state index in [2.05, 4.69) is 47.1 Å². The van der Waals surface area contributed by atoms with Gasteiger partial charge >= 0.3 is 12.2 Å². The summed E-state index contributed by atoms with van der Waals surface area (Å²) < 4.78 is 11.1. The summed E-state index contributed by atoms with van der Waals surface area (Å²) in [5.74, 6) is -0.188. The molecular weight excluding hydrogens is 651 g/mol. The highest BCUT2D eigenvalue weighted by molar-refractivity contribution is 5.85. The van der Waals surface area contributed by atoms with Gasteiger partial charge in [-0.25, -0.2) is 9.59 Å². The SMILES string of the molecule is CCCCCCCCCCCCCCCCCCNC(=O)C(CCCCNC(=O)OCC1c2ccccc2-c2ccccc21)NC(=O)OC(C)(C)C.